The Hall–Kier alpha value is -1.65. The molecule has 0 aliphatic heterocycles. The minimum Gasteiger partial charge on any atom is -0.484 e. The molecule has 1 aromatic rings. The molecule has 0 amide bonds. The van der Waals surface area contributed by atoms with Crippen LogP contribution in [0, 0.1) is 21.4 Å². The summed E-state index contributed by atoms with van der Waals surface area (Å²) < 4.78 is 6.06. The Bertz CT molecular complexity index is 530. The smallest absolute Gasteiger partial charge is 0.312 e. The average Bonchev–Trinajstić information content (AvgIpc) is 2.43. The highest BCUT2D eigenvalue weighted by Gasteiger charge is 2.25. The Balaban J connectivity index is 2.84. The molecule has 0 aromatic heterocycles. The molecule has 7 heteroatoms. The number of nitrogens with one attached hydrogen (secondary N) is 1. The van der Waals surface area contributed by atoms with Crippen molar-refractivity contribution in [3.05, 3.63) is 32.8 Å². The van der Waals surface area contributed by atoms with E-state index in [1.807, 2.05) is 6.92 Å². The number of ether oxygens (including phenoxy) is 1. The molecule has 6 nitrogen and oxygen atoms in total. The van der Waals surface area contributed by atoms with Crippen molar-refractivity contribution >= 4 is 21.6 Å². The van der Waals surface area contributed by atoms with Crippen LogP contribution < -0.4 is 10.1 Å². The van der Waals surface area contributed by atoms with Gasteiger partial charge in [0.1, 0.15) is 12.1 Å². The van der Waals surface area contributed by atoms with Gasteiger partial charge in [-0.1, -0.05) is 22.9 Å². The number of hydrogen-bond donors (Lipinski definition) is 1. The lowest BCUT2D eigenvalue weighted by atomic mass is 10.1. The molecule has 1 rings (SSSR count). The fourth-order valence-electron chi connectivity index (χ4n) is 1.50. The third-order valence-corrected chi connectivity index (χ3v) is 3.14. The van der Waals surface area contributed by atoms with E-state index in [-0.39, 0.29) is 18.0 Å². The van der Waals surface area contributed by atoms with E-state index < -0.39 is 10.5 Å². The minimum absolute atomic E-state index is 0.0337. The van der Waals surface area contributed by atoms with Crippen LogP contribution >= 0.6 is 15.9 Å². The first-order chi connectivity index (χ1) is 9.41. The number of halogens is 1. The van der Waals surface area contributed by atoms with Crippen molar-refractivity contribution in [2.45, 2.75) is 25.8 Å². The van der Waals surface area contributed by atoms with Gasteiger partial charge in [-0.05, 0) is 32.0 Å². The number of nitrogens with zero attached hydrogens (tertiary/aromatic N) is 2. The Morgan fingerprint density at radius 2 is 2.30 bits per heavy atom. The molecule has 1 atom stereocenters. The number of nitro benzene ring substituents is 1. The van der Waals surface area contributed by atoms with Gasteiger partial charge in [0, 0.05) is 10.5 Å². The summed E-state index contributed by atoms with van der Waals surface area (Å²) in [5.41, 5.74) is -1.01. The van der Waals surface area contributed by atoms with Gasteiger partial charge < -0.3 is 4.74 Å². The molecule has 108 valence electrons. The quantitative estimate of drug-likeness (QED) is 0.608. The van der Waals surface area contributed by atoms with Crippen LogP contribution in [0.4, 0.5) is 5.69 Å². The summed E-state index contributed by atoms with van der Waals surface area (Å²) in [7, 11) is 0. The molecule has 0 aliphatic rings. The fraction of sp³-hybridized carbons (Fsp3) is 0.462. The van der Waals surface area contributed by atoms with E-state index >= 15 is 0 Å². The predicted octanol–water partition coefficient (Wildman–Crippen LogP) is 3.02. The highest BCUT2D eigenvalue weighted by molar-refractivity contribution is 9.10. The van der Waals surface area contributed by atoms with Crippen molar-refractivity contribution in [2.24, 2.45) is 0 Å². The highest BCUT2D eigenvalue weighted by atomic mass is 79.9. The lowest BCUT2D eigenvalue weighted by molar-refractivity contribution is -0.386. The maximum atomic E-state index is 11.0. The summed E-state index contributed by atoms with van der Waals surface area (Å²) in [4.78, 5) is 10.5. The first-order valence-corrected chi connectivity index (χ1v) is 6.94. The summed E-state index contributed by atoms with van der Waals surface area (Å²) in [6.45, 7) is 4.40. The molecule has 20 heavy (non-hydrogen) atoms. The third kappa shape index (κ3) is 4.47. The van der Waals surface area contributed by atoms with Gasteiger partial charge in [0.05, 0.1) is 11.0 Å². The van der Waals surface area contributed by atoms with E-state index in [2.05, 4.69) is 27.3 Å². The van der Waals surface area contributed by atoms with E-state index in [4.69, 9.17) is 4.74 Å². The van der Waals surface area contributed by atoms with E-state index in [1.54, 1.807) is 13.0 Å². The maximum Gasteiger partial charge on any atom is 0.312 e. The SMILES string of the molecule is CCCNC(C)(C#N)COc1ccc(Br)cc1[N+](=O)[O-]. The van der Waals surface area contributed by atoms with Crippen molar-refractivity contribution < 1.29 is 9.66 Å². The van der Waals surface area contributed by atoms with Crippen LogP contribution in [0.1, 0.15) is 20.3 Å². The average molecular weight is 342 g/mol. The molecule has 0 fully saturated rings. The summed E-state index contributed by atoms with van der Waals surface area (Å²) in [5.74, 6) is 0.151. The number of nitriles is 1. The van der Waals surface area contributed by atoms with Crippen molar-refractivity contribution in [2.75, 3.05) is 13.2 Å². The largest absolute Gasteiger partial charge is 0.484 e. The molecule has 0 heterocycles. The van der Waals surface area contributed by atoms with Crippen LogP contribution in [-0.2, 0) is 0 Å². The molecule has 1 unspecified atom stereocenters. The van der Waals surface area contributed by atoms with E-state index in [0.29, 0.717) is 11.0 Å². The molecule has 0 saturated heterocycles. The van der Waals surface area contributed by atoms with Crippen molar-refractivity contribution in [3.8, 4) is 11.8 Å². The van der Waals surface area contributed by atoms with Gasteiger partial charge in [0.2, 0.25) is 0 Å². The fourth-order valence-corrected chi connectivity index (χ4v) is 1.85. The molecule has 1 aromatic carbocycles. The van der Waals surface area contributed by atoms with E-state index in [9.17, 15) is 15.4 Å². The van der Waals surface area contributed by atoms with Crippen LogP contribution in [0.3, 0.4) is 0 Å². The van der Waals surface area contributed by atoms with Crippen LogP contribution in [-0.4, -0.2) is 23.6 Å². The second-order valence-corrected chi connectivity index (χ2v) is 5.44. The lowest BCUT2D eigenvalue weighted by Crippen LogP contribution is -2.46. The van der Waals surface area contributed by atoms with Crippen LogP contribution in [0.15, 0.2) is 22.7 Å². The van der Waals surface area contributed by atoms with Crippen LogP contribution in [0.25, 0.3) is 0 Å². The Labute approximate surface area is 126 Å². The summed E-state index contributed by atoms with van der Waals surface area (Å²) in [6, 6.07) is 6.67. The van der Waals surface area contributed by atoms with E-state index in [0.717, 1.165) is 6.42 Å². The second kappa shape index (κ2) is 7.22. The number of nitro groups is 1. The van der Waals surface area contributed by atoms with Gasteiger partial charge in [-0.25, -0.2) is 0 Å². The highest BCUT2D eigenvalue weighted by Crippen LogP contribution is 2.30. The monoisotopic (exact) mass is 341 g/mol. The molecule has 0 saturated carbocycles. The molecular weight excluding hydrogens is 326 g/mol. The first kappa shape index (κ1) is 16.4. The number of rotatable bonds is 7. The molecule has 0 bridgehead atoms. The van der Waals surface area contributed by atoms with E-state index in [1.165, 1.54) is 12.1 Å². The van der Waals surface area contributed by atoms with Gasteiger partial charge in [0.25, 0.3) is 0 Å². The van der Waals surface area contributed by atoms with Gasteiger partial charge in [-0.15, -0.1) is 0 Å². The van der Waals surface area contributed by atoms with Crippen molar-refractivity contribution in [3.63, 3.8) is 0 Å². The number of benzene rings is 1. The summed E-state index contributed by atoms with van der Waals surface area (Å²) in [6.07, 6.45) is 0.885. The minimum atomic E-state index is -0.878. The second-order valence-electron chi connectivity index (χ2n) is 4.53. The predicted molar refractivity (Wildman–Crippen MR) is 78.6 cm³/mol. The maximum absolute atomic E-state index is 11.0. The summed E-state index contributed by atoms with van der Waals surface area (Å²) >= 11 is 3.18. The van der Waals surface area contributed by atoms with Gasteiger partial charge in [-0.2, -0.15) is 5.26 Å². The molecule has 0 radical (unpaired) electrons. The standard InChI is InChI=1S/C13H16BrN3O3/c1-3-6-16-13(2,8-15)9-20-12-5-4-10(14)7-11(12)17(18)19/h4-5,7,16H,3,6,9H2,1-2H3. The van der Waals surface area contributed by atoms with Crippen molar-refractivity contribution in [1.29, 1.82) is 5.26 Å². The molecule has 1 N–H and O–H groups in total. The zero-order valence-electron chi connectivity index (χ0n) is 11.4. The summed E-state index contributed by atoms with van der Waals surface area (Å²) in [5, 5.41) is 23.2. The van der Waals surface area contributed by atoms with Crippen molar-refractivity contribution in [1.82, 2.24) is 5.32 Å². The van der Waals surface area contributed by atoms with Gasteiger partial charge >= 0.3 is 5.69 Å². The Morgan fingerprint density at radius 3 is 2.85 bits per heavy atom. The topological polar surface area (TPSA) is 88.2 Å². The van der Waals surface area contributed by atoms with Crippen LogP contribution in [0.5, 0.6) is 5.75 Å². The Kier molecular flexibility index (Phi) is 5.92. The van der Waals surface area contributed by atoms with Gasteiger partial charge in [0.15, 0.2) is 5.75 Å². The molecule has 0 aliphatic carbocycles. The van der Waals surface area contributed by atoms with Crippen LogP contribution in [0.2, 0.25) is 0 Å². The normalized spacial score (nSPS) is 13.3. The lowest BCUT2D eigenvalue weighted by Gasteiger charge is -2.23. The zero-order valence-corrected chi connectivity index (χ0v) is 12.9. The van der Waals surface area contributed by atoms with Gasteiger partial charge in [-0.3, -0.25) is 15.4 Å². The molecule has 0 spiro atoms. The third-order valence-electron chi connectivity index (χ3n) is 2.65. The zero-order chi connectivity index (χ0) is 15.2. The Morgan fingerprint density at radius 1 is 1.60 bits per heavy atom. The number of hydrogen-bond acceptors (Lipinski definition) is 5. The first-order valence-electron chi connectivity index (χ1n) is 6.15. The molecular formula is C13H16BrN3O3.